The maximum absolute atomic E-state index is 11.6. The van der Waals surface area contributed by atoms with Gasteiger partial charge < -0.3 is 4.74 Å². The van der Waals surface area contributed by atoms with E-state index >= 15 is 0 Å². The summed E-state index contributed by atoms with van der Waals surface area (Å²) < 4.78 is 6.19. The van der Waals surface area contributed by atoms with Gasteiger partial charge >= 0.3 is 0 Å². The zero-order chi connectivity index (χ0) is 16.3. The van der Waals surface area contributed by atoms with E-state index in [4.69, 9.17) is 4.74 Å². The molecule has 2 rings (SSSR count). The number of carbonyl (C=O) groups excluding carboxylic acids is 1. The van der Waals surface area contributed by atoms with Gasteiger partial charge in [0.15, 0.2) is 0 Å². The van der Waals surface area contributed by atoms with Crippen LogP contribution >= 0.6 is 0 Å². The van der Waals surface area contributed by atoms with Crippen molar-refractivity contribution in [3.8, 4) is 0 Å². The van der Waals surface area contributed by atoms with Gasteiger partial charge in [0.25, 0.3) is 0 Å². The average molecular weight is 301 g/mol. The Morgan fingerprint density at radius 2 is 2.00 bits per heavy atom. The zero-order valence-electron chi connectivity index (χ0n) is 14.3. The highest BCUT2D eigenvalue weighted by Gasteiger charge is 2.33. The van der Waals surface area contributed by atoms with Crippen LogP contribution in [0, 0.1) is 13.8 Å². The quantitative estimate of drug-likeness (QED) is 0.776. The molecule has 0 spiro atoms. The number of hydrogen-bond donors (Lipinski definition) is 0. The van der Waals surface area contributed by atoms with E-state index in [9.17, 15) is 4.79 Å². The maximum Gasteiger partial charge on any atom is 0.147 e. The molecule has 3 heteroatoms. The van der Waals surface area contributed by atoms with Gasteiger partial charge in [-0.2, -0.15) is 0 Å². The van der Waals surface area contributed by atoms with E-state index in [0.29, 0.717) is 0 Å². The van der Waals surface area contributed by atoms with Crippen molar-refractivity contribution in [2.24, 2.45) is 0 Å². The van der Waals surface area contributed by atoms with Crippen molar-refractivity contribution in [1.29, 1.82) is 0 Å². The van der Waals surface area contributed by atoms with Crippen molar-refractivity contribution in [3.63, 3.8) is 0 Å². The van der Waals surface area contributed by atoms with Crippen LogP contribution in [0.25, 0.3) is 6.08 Å². The van der Waals surface area contributed by atoms with Crippen molar-refractivity contribution in [3.05, 3.63) is 40.6 Å². The minimum Gasteiger partial charge on any atom is -0.493 e. The van der Waals surface area contributed by atoms with E-state index in [1.54, 1.807) is 6.92 Å². The Labute approximate surface area is 134 Å². The summed E-state index contributed by atoms with van der Waals surface area (Å²) in [5.74, 6) is 1.23. The first-order valence-electron chi connectivity index (χ1n) is 8.06. The lowest BCUT2D eigenvalue weighted by molar-refractivity contribution is -0.120. The molecule has 2 atom stereocenters. The van der Waals surface area contributed by atoms with Gasteiger partial charge in [0.05, 0.1) is 11.8 Å². The fraction of sp³-hybridized carbons (Fsp3) is 0.526. The number of rotatable bonds is 5. The Bertz CT molecular complexity index is 557. The van der Waals surface area contributed by atoms with Gasteiger partial charge in [-0.3, -0.25) is 9.69 Å². The smallest absolute Gasteiger partial charge is 0.147 e. The summed E-state index contributed by atoms with van der Waals surface area (Å²) in [4.78, 5) is 13.7. The highest BCUT2D eigenvalue weighted by molar-refractivity contribution is 5.81. The molecule has 0 amide bonds. The summed E-state index contributed by atoms with van der Waals surface area (Å²) in [7, 11) is 2.00. The normalized spacial score (nSPS) is 22.9. The van der Waals surface area contributed by atoms with Crippen LogP contribution in [-0.4, -0.2) is 36.4 Å². The molecule has 1 fully saturated rings. The molecule has 1 aliphatic rings. The highest BCUT2D eigenvalue weighted by Crippen LogP contribution is 2.25. The molecule has 0 aromatic heterocycles. The van der Waals surface area contributed by atoms with Crippen molar-refractivity contribution in [2.75, 3.05) is 13.6 Å². The molecule has 120 valence electrons. The van der Waals surface area contributed by atoms with Crippen LogP contribution in [0.1, 0.15) is 43.4 Å². The molecule has 1 aromatic carbocycles. The lowest BCUT2D eigenvalue weighted by Gasteiger charge is -2.16. The third kappa shape index (κ3) is 3.77. The molecule has 0 bridgehead atoms. The van der Waals surface area contributed by atoms with Gasteiger partial charge in [-0.25, -0.2) is 0 Å². The Morgan fingerprint density at radius 3 is 2.50 bits per heavy atom. The number of hydrogen-bond acceptors (Lipinski definition) is 3. The van der Waals surface area contributed by atoms with Gasteiger partial charge in [0, 0.05) is 19.4 Å². The molecular formula is C19H27NO2. The second kappa shape index (κ2) is 7.10. The SMILES string of the molecule is CC/C(=C\c1c(C)cccc1C)OC1CC(C(C)=O)N(C)C1. The van der Waals surface area contributed by atoms with Gasteiger partial charge in [-0.1, -0.05) is 25.1 Å². The Balaban J connectivity index is 2.13. The third-order valence-electron chi connectivity index (χ3n) is 4.49. The molecule has 1 aliphatic heterocycles. The number of likely N-dealkylation sites (tertiary alicyclic amines) is 1. The van der Waals surface area contributed by atoms with Gasteiger partial charge in [0.1, 0.15) is 11.9 Å². The minimum absolute atomic E-state index is 0.00306. The summed E-state index contributed by atoms with van der Waals surface area (Å²) in [6.07, 6.45) is 3.91. The summed E-state index contributed by atoms with van der Waals surface area (Å²) >= 11 is 0. The lowest BCUT2D eigenvalue weighted by Crippen LogP contribution is -2.30. The maximum atomic E-state index is 11.6. The number of ether oxygens (including phenoxy) is 1. The molecule has 1 aromatic rings. The number of nitrogens with zero attached hydrogens (tertiary/aromatic N) is 1. The van der Waals surface area contributed by atoms with Crippen molar-refractivity contribution in [2.45, 2.75) is 52.7 Å². The van der Waals surface area contributed by atoms with Crippen molar-refractivity contribution in [1.82, 2.24) is 4.90 Å². The van der Waals surface area contributed by atoms with E-state index in [0.717, 1.165) is 25.1 Å². The predicted molar refractivity (Wildman–Crippen MR) is 90.8 cm³/mol. The largest absolute Gasteiger partial charge is 0.493 e. The summed E-state index contributed by atoms with van der Waals surface area (Å²) in [5, 5.41) is 0. The number of allylic oxidation sites excluding steroid dienone is 1. The number of carbonyl (C=O) groups is 1. The monoisotopic (exact) mass is 301 g/mol. The van der Waals surface area contributed by atoms with Crippen LogP contribution < -0.4 is 0 Å². The minimum atomic E-state index is 0.00306. The fourth-order valence-electron chi connectivity index (χ4n) is 3.16. The number of aryl methyl sites for hydroxylation is 2. The van der Waals surface area contributed by atoms with E-state index in [1.165, 1.54) is 16.7 Å². The number of ketones is 1. The molecule has 0 radical (unpaired) electrons. The Hall–Kier alpha value is -1.61. The second-order valence-electron chi connectivity index (χ2n) is 6.31. The molecular weight excluding hydrogens is 274 g/mol. The first-order chi connectivity index (χ1) is 10.4. The molecule has 2 unspecified atom stereocenters. The Morgan fingerprint density at radius 1 is 1.36 bits per heavy atom. The number of benzene rings is 1. The van der Waals surface area contributed by atoms with Crippen LogP contribution in [0.15, 0.2) is 24.0 Å². The van der Waals surface area contributed by atoms with E-state index in [-0.39, 0.29) is 17.9 Å². The van der Waals surface area contributed by atoms with Crippen LogP contribution in [0.2, 0.25) is 0 Å². The fourth-order valence-corrected chi connectivity index (χ4v) is 3.16. The van der Waals surface area contributed by atoms with Crippen molar-refractivity contribution >= 4 is 11.9 Å². The van der Waals surface area contributed by atoms with Gasteiger partial charge in [-0.05, 0) is 50.6 Å². The first kappa shape index (κ1) is 16.8. The second-order valence-corrected chi connectivity index (χ2v) is 6.31. The molecule has 0 saturated carbocycles. The van der Waals surface area contributed by atoms with Crippen LogP contribution in [-0.2, 0) is 9.53 Å². The van der Waals surface area contributed by atoms with Gasteiger partial charge in [0.2, 0.25) is 0 Å². The van der Waals surface area contributed by atoms with Crippen LogP contribution in [0.5, 0.6) is 0 Å². The lowest BCUT2D eigenvalue weighted by atomic mass is 10.0. The first-order valence-corrected chi connectivity index (χ1v) is 8.06. The van der Waals surface area contributed by atoms with Crippen LogP contribution in [0.4, 0.5) is 0 Å². The molecule has 1 saturated heterocycles. The molecule has 1 heterocycles. The van der Waals surface area contributed by atoms with Crippen LogP contribution in [0.3, 0.4) is 0 Å². The number of Topliss-reactive ketones (excluding diaryl/α,β-unsaturated/α-hetero) is 1. The Kier molecular flexibility index (Phi) is 5.41. The predicted octanol–water partition coefficient (Wildman–Crippen LogP) is 3.73. The topological polar surface area (TPSA) is 29.5 Å². The molecule has 3 nitrogen and oxygen atoms in total. The van der Waals surface area contributed by atoms with Gasteiger partial charge in [-0.15, -0.1) is 0 Å². The van der Waals surface area contributed by atoms with E-state index < -0.39 is 0 Å². The average Bonchev–Trinajstić information content (AvgIpc) is 2.82. The molecule has 0 aliphatic carbocycles. The number of likely N-dealkylation sites (N-methyl/N-ethyl adjacent to an activating group) is 1. The zero-order valence-corrected chi connectivity index (χ0v) is 14.3. The third-order valence-corrected chi connectivity index (χ3v) is 4.49. The summed E-state index contributed by atoms with van der Waals surface area (Å²) in [6.45, 7) is 8.84. The highest BCUT2D eigenvalue weighted by atomic mass is 16.5. The van der Waals surface area contributed by atoms with E-state index in [1.807, 2.05) is 7.05 Å². The molecule has 0 N–H and O–H groups in total. The van der Waals surface area contributed by atoms with E-state index in [2.05, 4.69) is 49.9 Å². The summed E-state index contributed by atoms with van der Waals surface area (Å²) in [6, 6.07) is 6.34. The molecule has 22 heavy (non-hydrogen) atoms. The van der Waals surface area contributed by atoms with Crippen molar-refractivity contribution < 1.29 is 9.53 Å². The standard InChI is InChI=1S/C19H27NO2/c1-6-16(10-18-13(2)8-7-9-14(18)3)22-17-11-19(15(4)21)20(5)12-17/h7-10,17,19H,6,11-12H2,1-5H3/b16-10+. The summed E-state index contributed by atoms with van der Waals surface area (Å²) in [5.41, 5.74) is 3.77.